The molecule has 0 bridgehead atoms. The second kappa shape index (κ2) is 9.20. The number of sulfonamides is 1. The molecule has 0 saturated carbocycles. The number of rotatable bonds is 5. The first-order valence-corrected chi connectivity index (χ1v) is 11.2. The summed E-state index contributed by atoms with van der Waals surface area (Å²) in [6, 6.07) is 4.34. The van der Waals surface area contributed by atoms with Gasteiger partial charge in [0.15, 0.2) is 5.69 Å². The monoisotopic (exact) mass is 562 g/mol. The molecule has 0 radical (unpaired) electrons. The lowest BCUT2D eigenvalue weighted by atomic mass is 10.2. The van der Waals surface area contributed by atoms with E-state index in [1.807, 2.05) is 0 Å². The van der Waals surface area contributed by atoms with Crippen LogP contribution < -0.4 is 9.46 Å². The summed E-state index contributed by atoms with van der Waals surface area (Å²) in [5.74, 6) is -2.00. The molecule has 2 aromatic carbocycles. The highest BCUT2D eigenvalue weighted by Gasteiger charge is 2.34. The lowest BCUT2D eigenvalue weighted by Gasteiger charge is -2.12. The molecule has 1 amide bonds. The number of carbonyl (C=O) groups is 1. The summed E-state index contributed by atoms with van der Waals surface area (Å²) in [6.45, 7) is 1.26. The second-order valence-electron chi connectivity index (χ2n) is 6.67. The molecule has 0 atom stereocenters. The smallest absolute Gasteiger partial charge is 0.406 e. The van der Waals surface area contributed by atoms with Crippen molar-refractivity contribution >= 4 is 39.1 Å². The summed E-state index contributed by atoms with van der Waals surface area (Å²) < 4.78 is 107. The third-order valence-electron chi connectivity index (χ3n) is 4.27. The maximum Gasteiger partial charge on any atom is 0.573 e. The van der Waals surface area contributed by atoms with Crippen LogP contribution in [0.2, 0.25) is 10.0 Å². The molecule has 0 saturated heterocycles. The Balaban J connectivity index is 1.90. The van der Waals surface area contributed by atoms with Crippen LogP contribution in [0.1, 0.15) is 21.7 Å². The van der Waals surface area contributed by atoms with Gasteiger partial charge in [0.1, 0.15) is 10.6 Å². The number of ether oxygens (including phenoxy) is 1. The van der Waals surface area contributed by atoms with Crippen LogP contribution in [-0.4, -0.2) is 35.7 Å². The Kier molecular flexibility index (Phi) is 6.98. The lowest BCUT2D eigenvalue weighted by molar-refractivity contribution is -0.274. The fourth-order valence-electron chi connectivity index (χ4n) is 2.74. The Morgan fingerprint density at radius 1 is 1.03 bits per heavy atom. The maximum absolute atomic E-state index is 13.0. The van der Waals surface area contributed by atoms with E-state index >= 15 is 0 Å². The van der Waals surface area contributed by atoms with Gasteiger partial charge in [0.25, 0.3) is 15.9 Å². The maximum atomic E-state index is 13.0. The summed E-state index contributed by atoms with van der Waals surface area (Å²) in [4.78, 5) is 11.5. The largest absolute Gasteiger partial charge is 0.573 e. The van der Waals surface area contributed by atoms with E-state index in [4.69, 9.17) is 23.2 Å². The Hall–Kier alpha value is -3.04. The number of nitrogens with zero attached hydrogens (tertiary/aromatic N) is 3. The third kappa shape index (κ3) is 5.97. The van der Waals surface area contributed by atoms with Crippen molar-refractivity contribution in [1.82, 2.24) is 19.7 Å². The highest BCUT2D eigenvalue weighted by Crippen LogP contribution is 2.34. The van der Waals surface area contributed by atoms with Crippen molar-refractivity contribution in [1.29, 1.82) is 0 Å². The van der Waals surface area contributed by atoms with E-state index < -0.39 is 55.4 Å². The van der Waals surface area contributed by atoms with Gasteiger partial charge in [-0.25, -0.2) is 17.8 Å². The molecule has 0 aliphatic carbocycles. The highest BCUT2D eigenvalue weighted by molar-refractivity contribution is 7.90. The second-order valence-corrected chi connectivity index (χ2v) is 9.14. The molecule has 188 valence electrons. The molecule has 8 nitrogen and oxygen atoms in total. The van der Waals surface area contributed by atoms with Crippen molar-refractivity contribution in [3.05, 3.63) is 63.4 Å². The summed E-state index contributed by atoms with van der Waals surface area (Å²) in [5, 5.41) is 6.29. The van der Waals surface area contributed by atoms with Crippen LogP contribution >= 0.6 is 23.2 Å². The van der Waals surface area contributed by atoms with Crippen molar-refractivity contribution in [2.45, 2.75) is 24.4 Å². The molecular formula is C18H10Cl2F6N4O4S. The number of amides is 1. The Labute approximate surface area is 202 Å². The zero-order chi connectivity index (χ0) is 26.3. The van der Waals surface area contributed by atoms with Crippen LogP contribution in [0.25, 0.3) is 5.69 Å². The number of nitrogens with one attached hydrogen (secondary N) is 1. The summed E-state index contributed by atoms with van der Waals surface area (Å²) in [5.41, 5.74) is -2.01. The van der Waals surface area contributed by atoms with E-state index in [9.17, 15) is 39.6 Å². The van der Waals surface area contributed by atoms with Crippen LogP contribution in [0.4, 0.5) is 26.3 Å². The van der Waals surface area contributed by atoms with Gasteiger partial charge >= 0.3 is 12.5 Å². The predicted molar refractivity (Wildman–Crippen MR) is 109 cm³/mol. The number of carbonyl (C=O) groups excluding carboxylic acids is 1. The third-order valence-corrected chi connectivity index (χ3v) is 6.38. The fourth-order valence-corrected chi connectivity index (χ4v) is 4.47. The van der Waals surface area contributed by atoms with Gasteiger partial charge in [0.05, 0.1) is 27.0 Å². The van der Waals surface area contributed by atoms with Crippen LogP contribution in [-0.2, 0) is 16.2 Å². The number of aromatic nitrogens is 3. The van der Waals surface area contributed by atoms with Gasteiger partial charge in [-0.2, -0.15) is 13.2 Å². The number of hydrogen-bond donors (Lipinski definition) is 1. The molecular weight excluding hydrogens is 553 g/mol. The average Bonchev–Trinajstić information content (AvgIpc) is 3.07. The molecule has 1 aromatic heterocycles. The summed E-state index contributed by atoms with van der Waals surface area (Å²) in [7, 11) is -4.88. The van der Waals surface area contributed by atoms with Crippen molar-refractivity contribution in [2.24, 2.45) is 0 Å². The number of alkyl halides is 6. The first kappa shape index (κ1) is 26.6. The first-order chi connectivity index (χ1) is 16.0. The molecule has 17 heteroatoms. The van der Waals surface area contributed by atoms with Crippen molar-refractivity contribution < 1.29 is 44.3 Å². The summed E-state index contributed by atoms with van der Waals surface area (Å²) in [6.07, 6.45) is -9.84. The average molecular weight is 563 g/mol. The first-order valence-electron chi connectivity index (χ1n) is 8.91. The number of benzene rings is 2. The van der Waals surface area contributed by atoms with E-state index in [1.165, 1.54) is 6.92 Å². The van der Waals surface area contributed by atoms with E-state index in [0.29, 0.717) is 12.1 Å². The van der Waals surface area contributed by atoms with Crippen molar-refractivity contribution in [3.63, 3.8) is 0 Å². The Morgan fingerprint density at radius 3 is 2.26 bits per heavy atom. The van der Waals surface area contributed by atoms with Gasteiger partial charge in [-0.15, -0.1) is 18.3 Å². The zero-order valence-electron chi connectivity index (χ0n) is 16.9. The van der Waals surface area contributed by atoms with Crippen LogP contribution in [0.15, 0.2) is 41.3 Å². The Bertz CT molecular complexity index is 1410. The lowest BCUT2D eigenvalue weighted by Crippen LogP contribution is -2.31. The van der Waals surface area contributed by atoms with Gasteiger partial charge < -0.3 is 4.74 Å². The quantitative estimate of drug-likeness (QED) is 0.443. The van der Waals surface area contributed by atoms with Gasteiger partial charge in [-0.1, -0.05) is 28.4 Å². The molecule has 1 N–H and O–H groups in total. The molecule has 0 aliphatic rings. The van der Waals surface area contributed by atoms with Gasteiger partial charge in [-0.05, 0) is 37.3 Å². The molecule has 0 unspecified atom stereocenters. The van der Waals surface area contributed by atoms with Crippen molar-refractivity contribution in [3.8, 4) is 11.4 Å². The van der Waals surface area contributed by atoms with Crippen LogP contribution in [0, 0.1) is 6.92 Å². The zero-order valence-corrected chi connectivity index (χ0v) is 19.2. The minimum atomic E-state index is -4.96. The summed E-state index contributed by atoms with van der Waals surface area (Å²) >= 11 is 11.7. The SMILES string of the molecule is Cc1c(C(=O)NS(=O)(=O)c2cc(C(F)(F)F)ccc2Cl)nnn1-c1ccc(OC(F)(F)F)cc1Cl. The Morgan fingerprint density at radius 2 is 1.69 bits per heavy atom. The standard InChI is InChI=1S/C18H10Cl2F6N4O4S/c1-8-15(27-29-30(8)13-5-3-10(7-12(13)20)34-18(24,25)26)16(31)28-35(32,33)14-6-9(17(21,22)23)2-4-11(14)19/h2-7H,1H3,(H,28,31). The molecule has 3 rings (SSSR count). The normalized spacial score (nSPS) is 12.5. The van der Waals surface area contributed by atoms with Gasteiger partial charge in [0.2, 0.25) is 0 Å². The van der Waals surface area contributed by atoms with E-state index in [2.05, 4.69) is 15.0 Å². The van der Waals surface area contributed by atoms with Crippen molar-refractivity contribution in [2.75, 3.05) is 0 Å². The van der Waals surface area contributed by atoms with Gasteiger partial charge in [-0.3, -0.25) is 4.79 Å². The van der Waals surface area contributed by atoms with E-state index in [1.54, 1.807) is 4.72 Å². The van der Waals surface area contributed by atoms with E-state index in [0.717, 1.165) is 22.9 Å². The molecule has 3 aromatic rings. The minimum Gasteiger partial charge on any atom is -0.406 e. The molecule has 1 heterocycles. The molecule has 35 heavy (non-hydrogen) atoms. The molecule has 0 fully saturated rings. The topological polar surface area (TPSA) is 103 Å². The number of hydrogen-bond acceptors (Lipinski definition) is 6. The molecule has 0 spiro atoms. The predicted octanol–water partition coefficient (Wildman–Crippen LogP) is 4.92. The highest BCUT2D eigenvalue weighted by atomic mass is 35.5. The number of halogens is 8. The van der Waals surface area contributed by atoms with E-state index in [-0.39, 0.29) is 22.5 Å². The van der Waals surface area contributed by atoms with Gasteiger partial charge in [0, 0.05) is 6.07 Å². The molecule has 0 aliphatic heterocycles. The van der Waals surface area contributed by atoms with Crippen LogP contribution in [0.3, 0.4) is 0 Å². The minimum absolute atomic E-state index is 0.0333. The van der Waals surface area contributed by atoms with Crippen LogP contribution in [0.5, 0.6) is 5.75 Å². The fraction of sp³-hybridized carbons (Fsp3) is 0.167.